The first-order valence-corrected chi connectivity index (χ1v) is 19.9. The second-order valence-corrected chi connectivity index (χ2v) is 16.2. The van der Waals surface area contributed by atoms with Crippen LogP contribution in [-0.2, 0) is 30.8 Å². The molecule has 5 rings (SSSR count). The molecule has 3 aromatic carbocycles. The smallest absolute Gasteiger partial charge is 0.331 e. The highest BCUT2D eigenvalue weighted by Crippen LogP contribution is 2.34. The summed E-state index contributed by atoms with van der Waals surface area (Å²) in [6, 6.07) is 16.2. The van der Waals surface area contributed by atoms with E-state index in [0.717, 1.165) is 9.87 Å². The van der Waals surface area contributed by atoms with Gasteiger partial charge in [0.1, 0.15) is 12.1 Å². The summed E-state index contributed by atoms with van der Waals surface area (Å²) in [5.74, 6) is -1.66. The number of rotatable bonds is 16. The number of anilines is 2. The van der Waals surface area contributed by atoms with E-state index in [1.165, 1.54) is 19.1 Å². The molecule has 1 saturated heterocycles. The maximum atomic E-state index is 13.6. The molecular weight excluding hydrogens is 725 g/mol. The largest absolute Gasteiger partial charge is 0.343 e. The van der Waals surface area contributed by atoms with Crippen LogP contribution >= 0.6 is 0 Å². The Morgan fingerprint density at radius 3 is 2.24 bits per heavy atom. The molecular formula is C39H50N8O7S. The predicted molar refractivity (Wildman–Crippen MR) is 208 cm³/mol. The fourth-order valence-electron chi connectivity index (χ4n) is 6.59. The number of nitrogens with two attached hydrogens (primary N) is 2. The second-order valence-electron chi connectivity index (χ2n) is 14.3. The van der Waals surface area contributed by atoms with E-state index in [2.05, 4.69) is 21.3 Å². The summed E-state index contributed by atoms with van der Waals surface area (Å²) in [5, 5.41) is 11.0. The number of amides is 6. The molecule has 1 fully saturated rings. The number of sulfonamides is 1. The van der Waals surface area contributed by atoms with Crippen molar-refractivity contribution in [2.24, 2.45) is 17.4 Å². The number of hydrogen-bond donors (Lipinski definition) is 6. The molecule has 15 nitrogen and oxygen atoms in total. The second kappa shape index (κ2) is 17.9. The Hall–Kier alpha value is -5.32. The quantitative estimate of drug-likeness (QED) is 0.118. The number of carbonyl (C=O) groups is 5. The number of nitrogens with zero attached hydrogens (tertiary/aromatic N) is 2. The predicted octanol–water partition coefficient (Wildman–Crippen LogP) is 2.78. The van der Waals surface area contributed by atoms with Crippen molar-refractivity contribution in [3.63, 3.8) is 0 Å². The molecule has 0 spiro atoms. The molecule has 2 aliphatic heterocycles. The fourth-order valence-corrected chi connectivity index (χ4v) is 8.00. The summed E-state index contributed by atoms with van der Waals surface area (Å²) < 4.78 is 28.0. The summed E-state index contributed by atoms with van der Waals surface area (Å²) in [6.07, 6.45) is 2.32. The molecule has 8 N–H and O–H groups in total. The third-order valence-electron chi connectivity index (χ3n) is 9.59. The maximum absolute atomic E-state index is 13.6. The molecule has 0 aromatic heterocycles. The van der Waals surface area contributed by atoms with E-state index in [4.69, 9.17) is 11.5 Å². The monoisotopic (exact) mass is 774 g/mol. The van der Waals surface area contributed by atoms with Crippen molar-refractivity contribution < 1.29 is 32.4 Å². The Labute approximate surface area is 321 Å². The van der Waals surface area contributed by atoms with Gasteiger partial charge in [0, 0.05) is 23.5 Å². The molecule has 2 unspecified atom stereocenters. The van der Waals surface area contributed by atoms with Crippen LogP contribution in [0.5, 0.6) is 0 Å². The summed E-state index contributed by atoms with van der Waals surface area (Å²) in [5.41, 5.74) is 14.1. The standard InChI is InChI=1S/C39H50N8O7S/c1-24(2)21-32(44-35(48)25(3)41)37(50)43-31(11-7-8-19-40)36(49)42-29-14-12-27(13-15-29)38(51)46-20-18-28-22-30(16-17-34(28)46)55(53,54)47-23-33(45-39(47)52)26-9-5-4-6-10-26/h4-6,9-10,12-17,22,24-25,31-33H,7-8,11,18-21,23,40-41H2,1-3H3,(H,42,49)(H,43,50)(H,44,48)(H,45,52)/t25?,31-,32?,33-/m1/s1. The van der Waals surface area contributed by atoms with Crippen molar-refractivity contribution in [2.75, 3.05) is 29.9 Å². The van der Waals surface area contributed by atoms with E-state index in [1.54, 1.807) is 35.2 Å². The number of nitrogens with one attached hydrogen (secondary N) is 4. The Bertz CT molecular complexity index is 1990. The van der Waals surface area contributed by atoms with Gasteiger partial charge in [-0.05, 0) is 105 Å². The van der Waals surface area contributed by atoms with E-state index < -0.39 is 57.9 Å². The Balaban J connectivity index is 1.24. The molecule has 2 aliphatic rings. The molecule has 55 heavy (non-hydrogen) atoms. The Morgan fingerprint density at radius 2 is 1.58 bits per heavy atom. The van der Waals surface area contributed by atoms with Gasteiger partial charge in [-0.25, -0.2) is 17.5 Å². The fraction of sp³-hybridized carbons (Fsp3) is 0.410. The first-order chi connectivity index (χ1) is 26.2. The van der Waals surface area contributed by atoms with Crippen LogP contribution in [0.1, 0.15) is 74.0 Å². The highest BCUT2D eigenvalue weighted by molar-refractivity contribution is 7.89. The van der Waals surface area contributed by atoms with Gasteiger partial charge in [0.2, 0.25) is 17.7 Å². The zero-order valence-corrected chi connectivity index (χ0v) is 32.1. The van der Waals surface area contributed by atoms with Gasteiger partial charge < -0.3 is 37.6 Å². The minimum atomic E-state index is -4.16. The average Bonchev–Trinajstić information content (AvgIpc) is 3.78. The molecule has 0 aliphatic carbocycles. The number of hydrogen-bond acceptors (Lipinski definition) is 9. The Kier molecular flexibility index (Phi) is 13.3. The normalized spacial score (nSPS) is 16.9. The van der Waals surface area contributed by atoms with Gasteiger partial charge >= 0.3 is 6.03 Å². The zero-order chi connectivity index (χ0) is 39.9. The molecule has 0 bridgehead atoms. The third-order valence-corrected chi connectivity index (χ3v) is 11.3. The topological polar surface area (TPSA) is 226 Å². The zero-order valence-electron chi connectivity index (χ0n) is 31.3. The first kappa shape index (κ1) is 40.9. The van der Waals surface area contributed by atoms with E-state index in [9.17, 15) is 32.4 Å². The van der Waals surface area contributed by atoms with Gasteiger partial charge in [-0.3, -0.25) is 19.2 Å². The summed E-state index contributed by atoms with van der Waals surface area (Å²) >= 11 is 0. The molecule has 4 atom stereocenters. The lowest BCUT2D eigenvalue weighted by Crippen LogP contribution is -2.55. The molecule has 3 aromatic rings. The van der Waals surface area contributed by atoms with Gasteiger partial charge in [0.25, 0.3) is 15.9 Å². The van der Waals surface area contributed by atoms with Gasteiger partial charge in [0.15, 0.2) is 0 Å². The van der Waals surface area contributed by atoms with Crippen LogP contribution in [0.2, 0.25) is 0 Å². The van der Waals surface area contributed by atoms with Crippen LogP contribution in [0, 0.1) is 5.92 Å². The van der Waals surface area contributed by atoms with Crippen molar-refractivity contribution in [3.8, 4) is 0 Å². The summed E-state index contributed by atoms with van der Waals surface area (Å²) in [7, 11) is -4.16. The lowest BCUT2D eigenvalue weighted by atomic mass is 10.0. The van der Waals surface area contributed by atoms with Gasteiger partial charge in [-0.2, -0.15) is 0 Å². The molecule has 0 radical (unpaired) electrons. The van der Waals surface area contributed by atoms with Crippen molar-refractivity contribution in [1.29, 1.82) is 0 Å². The first-order valence-electron chi connectivity index (χ1n) is 18.5. The number of benzene rings is 3. The van der Waals surface area contributed by atoms with Crippen LogP contribution in [0.15, 0.2) is 77.7 Å². The van der Waals surface area contributed by atoms with Gasteiger partial charge in [-0.1, -0.05) is 44.2 Å². The number of carbonyl (C=O) groups excluding carboxylic acids is 5. The highest BCUT2D eigenvalue weighted by atomic mass is 32.2. The van der Waals surface area contributed by atoms with Crippen LogP contribution in [0.4, 0.5) is 16.2 Å². The molecule has 2 heterocycles. The van der Waals surface area contributed by atoms with Crippen molar-refractivity contribution in [3.05, 3.63) is 89.5 Å². The van der Waals surface area contributed by atoms with E-state index in [0.29, 0.717) is 67.7 Å². The molecule has 6 amide bonds. The lowest BCUT2D eigenvalue weighted by molar-refractivity contribution is -0.131. The molecule has 16 heteroatoms. The summed E-state index contributed by atoms with van der Waals surface area (Å²) in [6.45, 7) is 6.07. The van der Waals surface area contributed by atoms with Crippen molar-refractivity contribution in [2.45, 2.75) is 81.9 Å². The van der Waals surface area contributed by atoms with E-state index in [-0.39, 0.29) is 23.3 Å². The number of fused-ring (bicyclic) bond motifs is 1. The van der Waals surface area contributed by atoms with E-state index >= 15 is 0 Å². The Morgan fingerprint density at radius 1 is 0.891 bits per heavy atom. The average molecular weight is 775 g/mol. The number of urea groups is 1. The van der Waals surface area contributed by atoms with Crippen LogP contribution < -0.4 is 37.6 Å². The third kappa shape index (κ3) is 9.87. The van der Waals surface area contributed by atoms with Crippen LogP contribution in [0.3, 0.4) is 0 Å². The van der Waals surface area contributed by atoms with Gasteiger partial charge in [-0.15, -0.1) is 0 Å². The van der Waals surface area contributed by atoms with Crippen LogP contribution in [0.25, 0.3) is 0 Å². The highest BCUT2D eigenvalue weighted by Gasteiger charge is 2.39. The number of unbranched alkanes of at least 4 members (excludes halogenated alkanes) is 1. The minimum absolute atomic E-state index is 0.0348. The molecule has 294 valence electrons. The van der Waals surface area contributed by atoms with Crippen LogP contribution in [-0.4, -0.2) is 80.1 Å². The summed E-state index contributed by atoms with van der Waals surface area (Å²) in [4.78, 5) is 67.0. The lowest BCUT2D eigenvalue weighted by Gasteiger charge is -2.25. The SMILES string of the molecule is CC(C)CC(NC(=O)C(C)N)C(=O)N[C@H](CCCCN)C(=O)Nc1ccc(C(=O)N2CCc3cc(S(=O)(=O)N4C[C@H](c5ccccc5)NC4=O)ccc32)cc1. The van der Waals surface area contributed by atoms with Crippen molar-refractivity contribution in [1.82, 2.24) is 20.3 Å². The minimum Gasteiger partial charge on any atom is -0.343 e. The maximum Gasteiger partial charge on any atom is 0.331 e. The van der Waals surface area contributed by atoms with E-state index in [1.807, 2.05) is 44.2 Å². The van der Waals surface area contributed by atoms with Crippen molar-refractivity contribution >= 4 is 51.1 Å². The molecule has 0 saturated carbocycles. The van der Waals surface area contributed by atoms with Gasteiger partial charge in [0.05, 0.1) is 23.5 Å².